The molecule has 0 fully saturated rings. The van der Waals surface area contributed by atoms with Crippen LogP contribution in [0.1, 0.15) is 25.8 Å². The van der Waals surface area contributed by atoms with Gasteiger partial charge in [0.25, 0.3) is 0 Å². The van der Waals surface area contributed by atoms with Crippen molar-refractivity contribution in [1.29, 1.82) is 0 Å². The van der Waals surface area contributed by atoms with Gasteiger partial charge in [-0.15, -0.1) is 0 Å². The Morgan fingerprint density at radius 2 is 1.81 bits per heavy atom. The highest BCUT2D eigenvalue weighted by Gasteiger charge is 2.15. The molecule has 1 unspecified atom stereocenters. The van der Waals surface area contributed by atoms with E-state index in [0.29, 0.717) is 18.9 Å². The zero-order chi connectivity index (χ0) is 15.7. The molecular formula is C16H23BrN2O2. The average molecular weight is 355 g/mol. The summed E-state index contributed by atoms with van der Waals surface area (Å²) in [4.78, 5) is 23.1. The van der Waals surface area contributed by atoms with Crippen LogP contribution in [0.15, 0.2) is 30.3 Å². The second-order valence-corrected chi connectivity index (χ2v) is 6.51. The van der Waals surface area contributed by atoms with E-state index >= 15 is 0 Å². The molecule has 0 aliphatic heterocycles. The first kappa shape index (κ1) is 17.7. The van der Waals surface area contributed by atoms with E-state index < -0.39 is 0 Å². The van der Waals surface area contributed by atoms with Crippen molar-refractivity contribution in [2.75, 3.05) is 13.1 Å². The molecule has 0 bridgehead atoms. The van der Waals surface area contributed by atoms with Crippen molar-refractivity contribution in [3.05, 3.63) is 35.9 Å². The first-order valence-corrected chi connectivity index (χ1v) is 8.13. The van der Waals surface area contributed by atoms with Crippen molar-refractivity contribution < 1.29 is 9.59 Å². The number of nitrogens with one attached hydrogen (secondary N) is 2. The summed E-state index contributed by atoms with van der Waals surface area (Å²) in [5, 5.41) is 5.43. The molecule has 0 spiro atoms. The summed E-state index contributed by atoms with van der Waals surface area (Å²) in [7, 11) is 0. The van der Waals surface area contributed by atoms with E-state index in [9.17, 15) is 9.59 Å². The van der Waals surface area contributed by atoms with Gasteiger partial charge in [-0.1, -0.05) is 60.1 Å². The van der Waals surface area contributed by atoms with Gasteiger partial charge in [-0.2, -0.15) is 0 Å². The lowest BCUT2D eigenvalue weighted by Crippen LogP contribution is -2.40. The van der Waals surface area contributed by atoms with E-state index in [0.717, 1.165) is 12.0 Å². The molecule has 0 radical (unpaired) electrons. The summed E-state index contributed by atoms with van der Waals surface area (Å²) in [6.07, 6.45) is 1.54. The number of amides is 2. The number of halogens is 1. The topological polar surface area (TPSA) is 58.2 Å². The van der Waals surface area contributed by atoms with E-state index in [1.165, 1.54) is 0 Å². The quantitative estimate of drug-likeness (QED) is 0.703. The fourth-order valence-electron chi connectivity index (χ4n) is 1.75. The number of alkyl halides is 1. The molecule has 1 atom stereocenters. The maximum Gasteiger partial charge on any atom is 0.239 e. The van der Waals surface area contributed by atoms with Crippen LogP contribution in [0.25, 0.3) is 0 Å². The minimum atomic E-state index is -0.330. The zero-order valence-electron chi connectivity index (χ0n) is 12.6. The van der Waals surface area contributed by atoms with Gasteiger partial charge in [-0.05, 0) is 24.3 Å². The van der Waals surface area contributed by atoms with Gasteiger partial charge in [-0.3, -0.25) is 9.59 Å². The molecule has 1 aromatic carbocycles. The molecule has 0 aliphatic carbocycles. The molecule has 116 valence electrons. The Bertz CT molecular complexity index is 449. The van der Waals surface area contributed by atoms with Gasteiger partial charge in [0.2, 0.25) is 11.8 Å². The van der Waals surface area contributed by atoms with Crippen LogP contribution >= 0.6 is 15.9 Å². The lowest BCUT2D eigenvalue weighted by Gasteiger charge is -2.11. The maximum atomic E-state index is 11.9. The van der Waals surface area contributed by atoms with Gasteiger partial charge in [0.05, 0.1) is 11.4 Å². The molecule has 21 heavy (non-hydrogen) atoms. The fourth-order valence-corrected chi connectivity index (χ4v) is 2.29. The second kappa shape index (κ2) is 9.55. The molecule has 0 aliphatic rings. The number of carbonyl (C=O) groups excluding carboxylic acids is 2. The third-order valence-electron chi connectivity index (χ3n) is 3.01. The summed E-state index contributed by atoms with van der Waals surface area (Å²) < 4.78 is 0. The molecular weight excluding hydrogens is 332 g/mol. The first-order valence-electron chi connectivity index (χ1n) is 7.21. The zero-order valence-corrected chi connectivity index (χ0v) is 14.2. The summed E-state index contributed by atoms with van der Waals surface area (Å²) in [6.45, 7) is 4.88. The van der Waals surface area contributed by atoms with Gasteiger partial charge in [0.1, 0.15) is 0 Å². The van der Waals surface area contributed by atoms with Gasteiger partial charge in [0, 0.05) is 6.54 Å². The van der Waals surface area contributed by atoms with Crippen LogP contribution in [-0.4, -0.2) is 29.7 Å². The minimum absolute atomic E-state index is 0.0216. The maximum absolute atomic E-state index is 11.9. The van der Waals surface area contributed by atoms with Crippen LogP contribution in [-0.2, 0) is 16.0 Å². The van der Waals surface area contributed by atoms with Crippen molar-refractivity contribution in [2.45, 2.75) is 31.5 Å². The molecule has 0 saturated carbocycles. The molecule has 0 heterocycles. The smallest absolute Gasteiger partial charge is 0.239 e. The lowest BCUT2D eigenvalue weighted by molar-refractivity contribution is -0.125. The Labute approximate surface area is 134 Å². The van der Waals surface area contributed by atoms with Crippen molar-refractivity contribution in [2.24, 2.45) is 5.92 Å². The van der Waals surface area contributed by atoms with Crippen molar-refractivity contribution in [3.8, 4) is 0 Å². The van der Waals surface area contributed by atoms with Crippen molar-refractivity contribution in [3.63, 3.8) is 0 Å². The lowest BCUT2D eigenvalue weighted by atomic mass is 10.1. The van der Waals surface area contributed by atoms with Crippen molar-refractivity contribution >= 4 is 27.7 Å². The van der Waals surface area contributed by atoms with E-state index in [-0.39, 0.29) is 23.2 Å². The van der Waals surface area contributed by atoms with Crippen LogP contribution in [0.2, 0.25) is 0 Å². The number of benzene rings is 1. The minimum Gasteiger partial charge on any atom is -0.355 e. The van der Waals surface area contributed by atoms with Gasteiger partial charge < -0.3 is 10.6 Å². The number of hydrogen-bond acceptors (Lipinski definition) is 2. The number of hydrogen-bond donors (Lipinski definition) is 2. The van der Waals surface area contributed by atoms with E-state index in [1.54, 1.807) is 0 Å². The van der Waals surface area contributed by atoms with Crippen LogP contribution in [0, 0.1) is 5.92 Å². The first-order chi connectivity index (χ1) is 9.99. The van der Waals surface area contributed by atoms with Crippen LogP contribution in [0.5, 0.6) is 0 Å². The van der Waals surface area contributed by atoms with Crippen LogP contribution in [0.4, 0.5) is 0 Å². The highest BCUT2D eigenvalue weighted by Crippen LogP contribution is 2.09. The second-order valence-electron chi connectivity index (χ2n) is 5.41. The number of rotatable bonds is 8. The molecule has 1 rings (SSSR count). The Morgan fingerprint density at radius 3 is 2.43 bits per heavy atom. The summed E-state index contributed by atoms with van der Waals surface area (Å²) in [6, 6.07) is 9.76. The highest BCUT2D eigenvalue weighted by atomic mass is 79.9. The molecule has 4 nitrogen and oxygen atoms in total. The predicted octanol–water partition coefficient (Wildman–Crippen LogP) is 2.27. The Kier molecular flexibility index (Phi) is 8.05. The standard InChI is InChI=1S/C16H23BrN2O2/c1-12(2)8-9-18-15(20)11-19-16(21)14(17)10-13-6-4-3-5-7-13/h3-7,12,14H,8-11H2,1-2H3,(H,18,20)(H,19,21). The third-order valence-corrected chi connectivity index (χ3v) is 3.75. The highest BCUT2D eigenvalue weighted by molar-refractivity contribution is 9.10. The molecule has 1 aromatic rings. The Balaban J connectivity index is 2.25. The van der Waals surface area contributed by atoms with E-state index in [2.05, 4.69) is 40.4 Å². The monoisotopic (exact) mass is 354 g/mol. The van der Waals surface area contributed by atoms with Gasteiger partial charge in [-0.25, -0.2) is 0 Å². The van der Waals surface area contributed by atoms with Gasteiger partial charge in [0.15, 0.2) is 0 Å². The summed E-state index contributed by atoms with van der Waals surface area (Å²) in [5.74, 6) is 0.235. The largest absolute Gasteiger partial charge is 0.355 e. The molecule has 0 aromatic heterocycles. The Morgan fingerprint density at radius 1 is 1.14 bits per heavy atom. The van der Waals surface area contributed by atoms with Gasteiger partial charge >= 0.3 is 0 Å². The molecule has 0 saturated heterocycles. The number of carbonyl (C=O) groups is 2. The third kappa shape index (κ3) is 7.85. The summed E-state index contributed by atoms with van der Waals surface area (Å²) in [5.41, 5.74) is 1.08. The summed E-state index contributed by atoms with van der Waals surface area (Å²) >= 11 is 3.36. The Hall–Kier alpha value is -1.36. The predicted molar refractivity (Wildman–Crippen MR) is 88.3 cm³/mol. The average Bonchev–Trinajstić information content (AvgIpc) is 2.45. The van der Waals surface area contributed by atoms with E-state index in [4.69, 9.17) is 0 Å². The fraction of sp³-hybridized carbons (Fsp3) is 0.500. The van der Waals surface area contributed by atoms with E-state index in [1.807, 2.05) is 30.3 Å². The van der Waals surface area contributed by atoms with Crippen LogP contribution in [0.3, 0.4) is 0 Å². The SMILES string of the molecule is CC(C)CCNC(=O)CNC(=O)C(Br)Cc1ccccc1. The van der Waals surface area contributed by atoms with Crippen LogP contribution < -0.4 is 10.6 Å². The normalized spacial score (nSPS) is 12.0. The molecule has 2 N–H and O–H groups in total. The van der Waals surface area contributed by atoms with Crippen molar-refractivity contribution in [1.82, 2.24) is 10.6 Å². The molecule has 2 amide bonds. The molecule has 5 heteroatoms.